The molecule has 2 aromatic rings. The molecule has 3 rings (SSSR count). The number of furan rings is 1. The van der Waals surface area contributed by atoms with Gasteiger partial charge in [-0.2, -0.15) is 0 Å². The van der Waals surface area contributed by atoms with Crippen LogP contribution in [0.15, 0.2) is 41.0 Å². The van der Waals surface area contributed by atoms with Crippen LogP contribution in [-0.2, 0) is 0 Å². The topological polar surface area (TPSA) is 34.4 Å². The van der Waals surface area contributed by atoms with Crippen LogP contribution in [0.5, 0.6) is 5.75 Å². The molecular weight excluding hydrogens is 238 g/mol. The number of hydrogen-bond acceptors (Lipinski definition) is 3. The second kappa shape index (κ2) is 5.10. The lowest BCUT2D eigenvalue weighted by molar-refractivity contribution is 0.303. The SMILES string of the molecule is CNC(c1ccc(OC2CC2)cc1)c1occc1C. The summed E-state index contributed by atoms with van der Waals surface area (Å²) in [6.45, 7) is 2.06. The van der Waals surface area contributed by atoms with Gasteiger partial charge in [0.25, 0.3) is 0 Å². The highest BCUT2D eigenvalue weighted by atomic mass is 16.5. The second-order valence-electron chi connectivity index (χ2n) is 5.08. The van der Waals surface area contributed by atoms with Crippen LogP contribution >= 0.6 is 0 Å². The molecular formula is C16H19NO2. The molecule has 1 saturated carbocycles. The van der Waals surface area contributed by atoms with Gasteiger partial charge in [0.15, 0.2) is 0 Å². The number of hydrogen-bond donors (Lipinski definition) is 1. The highest BCUT2D eigenvalue weighted by Crippen LogP contribution is 2.29. The maximum absolute atomic E-state index is 5.76. The molecule has 3 heteroatoms. The number of nitrogens with one attached hydrogen (secondary N) is 1. The summed E-state index contributed by atoms with van der Waals surface area (Å²) in [6.07, 6.45) is 4.55. The average molecular weight is 257 g/mol. The monoisotopic (exact) mass is 257 g/mol. The molecule has 1 fully saturated rings. The van der Waals surface area contributed by atoms with Crippen molar-refractivity contribution in [3.05, 3.63) is 53.5 Å². The molecule has 1 aromatic heterocycles. The van der Waals surface area contributed by atoms with Crippen molar-refractivity contribution in [2.45, 2.75) is 31.9 Å². The standard InChI is InChI=1S/C16H19NO2/c1-11-9-10-18-16(11)15(17-2)12-3-5-13(6-4-12)19-14-7-8-14/h3-6,9-10,14-15,17H,7-8H2,1-2H3. The van der Waals surface area contributed by atoms with Crippen molar-refractivity contribution in [1.82, 2.24) is 5.32 Å². The molecule has 1 aliphatic rings. The summed E-state index contributed by atoms with van der Waals surface area (Å²) in [5.41, 5.74) is 2.35. The van der Waals surface area contributed by atoms with Crippen molar-refractivity contribution >= 4 is 0 Å². The summed E-state index contributed by atoms with van der Waals surface area (Å²) in [6, 6.07) is 10.4. The van der Waals surface area contributed by atoms with E-state index in [1.807, 2.05) is 25.2 Å². The van der Waals surface area contributed by atoms with Gasteiger partial charge in [-0.25, -0.2) is 0 Å². The summed E-state index contributed by atoms with van der Waals surface area (Å²) < 4.78 is 11.3. The van der Waals surface area contributed by atoms with Crippen LogP contribution < -0.4 is 10.1 Å². The van der Waals surface area contributed by atoms with Crippen molar-refractivity contribution in [2.24, 2.45) is 0 Å². The predicted octanol–water partition coefficient (Wildman–Crippen LogP) is 3.44. The molecule has 0 saturated heterocycles. The van der Waals surface area contributed by atoms with Gasteiger partial charge in [0.1, 0.15) is 11.5 Å². The van der Waals surface area contributed by atoms with Crippen LogP contribution in [0.3, 0.4) is 0 Å². The second-order valence-corrected chi connectivity index (χ2v) is 5.08. The van der Waals surface area contributed by atoms with E-state index < -0.39 is 0 Å². The van der Waals surface area contributed by atoms with Gasteiger partial charge in [0.2, 0.25) is 0 Å². The minimum atomic E-state index is 0.0879. The Morgan fingerprint density at radius 2 is 1.95 bits per heavy atom. The smallest absolute Gasteiger partial charge is 0.128 e. The lowest BCUT2D eigenvalue weighted by Crippen LogP contribution is -2.17. The lowest BCUT2D eigenvalue weighted by Gasteiger charge is -2.16. The minimum Gasteiger partial charge on any atom is -0.490 e. The molecule has 0 amide bonds. The largest absolute Gasteiger partial charge is 0.490 e. The third-order valence-electron chi connectivity index (χ3n) is 3.49. The van der Waals surface area contributed by atoms with E-state index in [9.17, 15) is 0 Å². The zero-order valence-corrected chi connectivity index (χ0v) is 11.3. The highest BCUT2D eigenvalue weighted by molar-refractivity contribution is 5.35. The Morgan fingerprint density at radius 3 is 2.47 bits per heavy atom. The van der Waals surface area contributed by atoms with Crippen LogP contribution in [0.2, 0.25) is 0 Å². The molecule has 100 valence electrons. The van der Waals surface area contributed by atoms with E-state index >= 15 is 0 Å². The van der Waals surface area contributed by atoms with Crippen molar-refractivity contribution in [1.29, 1.82) is 0 Å². The van der Waals surface area contributed by atoms with E-state index in [-0.39, 0.29) is 6.04 Å². The van der Waals surface area contributed by atoms with Crippen molar-refractivity contribution < 1.29 is 9.15 Å². The Bertz CT molecular complexity index is 540. The van der Waals surface area contributed by atoms with Gasteiger partial charge in [0, 0.05) is 0 Å². The van der Waals surface area contributed by atoms with Crippen molar-refractivity contribution in [3.63, 3.8) is 0 Å². The summed E-state index contributed by atoms with van der Waals surface area (Å²) in [5, 5.41) is 3.30. The molecule has 1 unspecified atom stereocenters. The number of aryl methyl sites for hydroxylation is 1. The third-order valence-corrected chi connectivity index (χ3v) is 3.49. The normalized spacial score (nSPS) is 16.3. The van der Waals surface area contributed by atoms with Gasteiger partial charge in [-0.05, 0) is 56.1 Å². The van der Waals surface area contributed by atoms with Crippen LogP contribution in [-0.4, -0.2) is 13.2 Å². The van der Waals surface area contributed by atoms with Gasteiger partial charge in [-0.15, -0.1) is 0 Å². The quantitative estimate of drug-likeness (QED) is 0.891. The van der Waals surface area contributed by atoms with Gasteiger partial charge < -0.3 is 14.5 Å². The summed E-state index contributed by atoms with van der Waals surface area (Å²) in [7, 11) is 1.95. The third kappa shape index (κ3) is 2.66. The summed E-state index contributed by atoms with van der Waals surface area (Å²) in [4.78, 5) is 0. The Labute approximate surface area is 113 Å². The zero-order chi connectivity index (χ0) is 13.2. The maximum Gasteiger partial charge on any atom is 0.128 e. The first-order chi connectivity index (χ1) is 9.28. The van der Waals surface area contributed by atoms with Crippen LogP contribution in [0, 0.1) is 6.92 Å². The van der Waals surface area contributed by atoms with Crippen molar-refractivity contribution in [3.8, 4) is 5.75 Å². The van der Waals surface area contributed by atoms with E-state index in [2.05, 4.69) is 24.4 Å². The molecule has 0 bridgehead atoms. The van der Waals surface area contributed by atoms with Crippen molar-refractivity contribution in [2.75, 3.05) is 7.05 Å². The number of benzene rings is 1. The average Bonchev–Trinajstić information content (AvgIpc) is 3.14. The van der Waals surface area contributed by atoms with E-state index in [4.69, 9.17) is 9.15 Å². The molecule has 1 heterocycles. The fourth-order valence-corrected chi connectivity index (χ4v) is 2.25. The van der Waals surface area contributed by atoms with Gasteiger partial charge in [-0.1, -0.05) is 12.1 Å². The maximum atomic E-state index is 5.76. The zero-order valence-electron chi connectivity index (χ0n) is 11.3. The molecule has 0 aliphatic heterocycles. The minimum absolute atomic E-state index is 0.0879. The van der Waals surface area contributed by atoms with E-state index in [0.717, 1.165) is 17.1 Å². The predicted molar refractivity (Wildman–Crippen MR) is 74.4 cm³/mol. The molecule has 0 radical (unpaired) electrons. The molecule has 1 aromatic carbocycles. The molecule has 1 aliphatic carbocycles. The van der Waals surface area contributed by atoms with Crippen LogP contribution in [0.1, 0.15) is 35.8 Å². The Kier molecular flexibility index (Phi) is 3.30. The lowest BCUT2D eigenvalue weighted by atomic mass is 10.0. The van der Waals surface area contributed by atoms with E-state index in [1.165, 1.54) is 18.4 Å². The Balaban J connectivity index is 1.81. The van der Waals surface area contributed by atoms with Gasteiger partial charge >= 0.3 is 0 Å². The van der Waals surface area contributed by atoms with E-state index in [0.29, 0.717) is 6.10 Å². The summed E-state index contributed by atoms with van der Waals surface area (Å²) in [5.74, 6) is 1.93. The fourth-order valence-electron chi connectivity index (χ4n) is 2.25. The summed E-state index contributed by atoms with van der Waals surface area (Å²) >= 11 is 0. The Hall–Kier alpha value is -1.74. The van der Waals surface area contributed by atoms with Gasteiger partial charge in [-0.3, -0.25) is 0 Å². The number of rotatable bonds is 5. The first-order valence-corrected chi connectivity index (χ1v) is 6.76. The molecule has 1 N–H and O–H groups in total. The fraction of sp³-hybridized carbons (Fsp3) is 0.375. The molecule has 19 heavy (non-hydrogen) atoms. The van der Waals surface area contributed by atoms with Crippen LogP contribution in [0.4, 0.5) is 0 Å². The first-order valence-electron chi connectivity index (χ1n) is 6.76. The van der Waals surface area contributed by atoms with E-state index in [1.54, 1.807) is 6.26 Å². The highest BCUT2D eigenvalue weighted by Gasteiger charge is 2.23. The molecule has 1 atom stereocenters. The Morgan fingerprint density at radius 1 is 1.21 bits per heavy atom. The van der Waals surface area contributed by atoms with Gasteiger partial charge in [0.05, 0.1) is 18.4 Å². The number of ether oxygens (including phenoxy) is 1. The first kappa shape index (κ1) is 12.3. The van der Waals surface area contributed by atoms with Crippen LogP contribution in [0.25, 0.3) is 0 Å². The molecule has 0 spiro atoms. The molecule has 3 nitrogen and oxygen atoms in total.